The molecule has 1 saturated heterocycles. The molecular weight excluding hydrogens is 429 g/mol. The molecule has 25 heavy (non-hydrogen) atoms. The van der Waals surface area contributed by atoms with Crippen molar-refractivity contribution in [2.24, 2.45) is 10.9 Å². The van der Waals surface area contributed by atoms with Crippen molar-refractivity contribution in [1.82, 2.24) is 19.8 Å². The van der Waals surface area contributed by atoms with Crippen LogP contribution in [0.5, 0.6) is 0 Å². The lowest BCUT2D eigenvalue weighted by Crippen LogP contribution is -2.52. The highest BCUT2D eigenvalue weighted by atomic mass is 127. The van der Waals surface area contributed by atoms with E-state index in [2.05, 4.69) is 31.7 Å². The molecule has 6 nitrogen and oxygen atoms in total. The third-order valence-corrected chi connectivity index (χ3v) is 5.70. The van der Waals surface area contributed by atoms with E-state index in [9.17, 15) is 5.11 Å². The van der Waals surface area contributed by atoms with Crippen LogP contribution in [0.2, 0.25) is 0 Å². The van der Waals surface area contributed by atoms with Gasteiger partial charge in [-0.15, -0.1) is 24.0 Å². The minimum absolute atomic E-state index is 0. The Morgan fingerprint density at radius 3 is 2.76 bits per heavy atom. The monoisotopic (exact) mass is 461 g/mol. The van der Waals surface area contributed by atoms with Gasteiger partial charge in [0.05, 0.1) is 18.0 Å². The van der Waals surface area contributed by atoms with E-state index in [4.69, 9.17) is 0 Å². The number of likely N-dealkylation sites (tertiary alicyclic amines) is 1. The molecule has 0 bridgehead atoms. The summed E-state index contributed by atoms with van der Waals surface area (Å²) in [5.41, 5.74) is -0.568. The summed E-state index contributed by atoms with van der Waals surface area (Å²) in [7, 11) is 1.83. The van der Waals surface area contributed by atoms with Gasteiger partial charge in [0, 0.05) is 39.1 Å². The molecule has 0 radical (unpaired) electrons. The molecule has 0 aromatic carbocycles. The van der Waals surface area contributed by atoms with Crippen LogP contribution in [-0.4, -0.2) is 57.8 Å². The van der Waals surface area contributed by atoms with E-state index in [1.807, 2.05) is 25.8 Å². The summed E-state index contributed by atoms with van der Waals surface area (Å²) in [6.07, 6.45) is 12.2. The van der Waals surface area contributed by atoms with E-state index < -0.39 is 5.60 Å². The summed E-state index contributed by atoms with van der Waals surface area (Å²) in [5, 5.41) is 14.1. The smallest absolute Gasteiger partial charge is 0.193 e. The third kappa shape index (κ3) is 5.09. The van der Waals surface area contributed by atoms with Gasteiger partial charge in [-0.1, -0.05) is 26.2 Å². The maximum atomic E-state index is 10.7. The summed E-state index contributed by atoms with van der Waals surface area (Å²) in [6, 6.07) is 0.414. The molecule has 1 aromatic rings. The minimum Gasteiger partial charge on any atom is -0.388 e. The quantitative estimate of drug-likeness (QED) is 0.413. The molecule has 2 N–H and O–H groups in total. The fourth-order valence-corrected chi connectivity index (χ4v) is 4.06. The Balaban J connectivity index is 0.00000225. The van der Waals surface area contributed by atoms with Gasteiger partial charge >= 0.3 is 0 Å². The first-order chi connectivity index (χ1) is 11.6. The SMILES string of the molecule is CN=C(NCC1(O)CCCCC1)N1CCC(C)C(n2ccnc2)C1.I. The van der Waals surface area contributed by atoms with Gasteiger partial charge in [-0.3, -0.25) is 4.99 Å². The number of guanidine groups is 1. The molecule has 1 aromatic heterocycles. The first-order valence-electron chi connectivity index (χ1n) is 9.27. The lowest BCUT2D eigenvalue weighted by Gasteiger charge is -2.40. The first kappa shape index (κ1) is 20.5. The van der Waals surface area contributed by atoms with Gasteiger partial charge < -0.3 is 19.9 Å². The molecule has 2 unspecified atom stereocenters. The van der Waals surface area contributed by atoms with Crippen LogP contribution in [-0.2, 0) is 0 Å². The van der Waals surface area contributed by atoms with Crippen LogP contribution in [0.3, 0.4) is 0 Å². The van der Waals surface area contributed by atoms with E-state index in [0.29, 0.717) is 18.5 Å². The zero-order valence-corrected chi connectivity index (χ0v) is 17.7. The highest BCUT2D eigenvalue weighted by Crippen LogP contribution is 2.29. The Labute approximate surface area is 168 Å². The Morgan fingerprint density at radius 2 is 2.12 bits per heavy atom. The molecule has 7 heteroatoms. The molecule has 2 aliphatic rings. The summed E-state index contributed by atoms with van der Waals surface area (Å²) in [6.45, 7) is 4.84. The molecule has 0 spiro atoms. The number of hydrogen-bond acceptors (Lipinski definition) is 3. The highest BCUT2D eigenvalue weighted by Gasteiger charge is 2.32. The largest absolute Gasteiger partial charge is 0.388 e. The van der Waals surface area contributed by atoms with Gasteiger partial charge in [-0.2, -0.15) is 0 Å². The number of nitrogens with one attached hydrogen (secondary N) is 1. The van der Waals surface area contributed by atoms with Crippen LogP contribution in [0.1, 0.15) is 51.5 Å². The molecular formula is C18H32IN5O. The molecule has 3 rings (SSSR count). The maximum Gasteiger partial charge on any atom is 0.193 e. The lowest BCUT2D eigenvalue weighted by molar-refractivity contribution is 0.00787. The summed E-state index contributed by atoms with van der Waals surface area (Å²) >= 11 is 0. The van der Waals surface area contributed by atoms with E-state index in [1.54, 1.807) is 0 Å². The van der Waals surface area contributed by atoms with Gasteiger partial charge in [-0.05, 0) is 25.2 Å². The zero-order chi connectivity index (χ0) is 17.0. The number of imidazole rings is 1. The van der Waals surface area contributed by atoms with Crippen LogP contribution >= 0.6 is 24.0 Å². The average Bonchev–Trinajstić information content (AvgIpc) is 3.11. The summed E-state index contributed by atoms with van der Waals surface area (Å²) in [5.74, 6) is 1.53. The highest BCUT2D eigenvalue weighted by molar-refractivity contribution is 14.0. The molecule has 1 aliphatic carbocycles. The zero-order valence-electron chi connectivity index (χ0n) is 15.4. The van der Waals surface area contributed by atoms with Crippen LogP contribution in [0, 0.1) is 5.92 Å². The number of aliphatic hydroxyl groups is 1. The number of halogens is 1. The van der Waals surface area contributed by atoms with Gasteiger partial charge in [0.15, 0.2) is 5.96 Å². The normalized spacial score (nSPS) is 26.8. The molecule has 2 heterocycles. The number of aromatic nitrogens is 2. The maximum absolute atomic E-state index is 10.7. The van der Waals surface area contributed by atoms with E-state index >= 15 is 0 Å². The van der Waals surface area contributed by atoms with Crippen molar-refractivity contribution in [2.75, 3.05) is 26.7 Å². The summed E-state index contributed by atoms with van der Waals surface area (Å²) in [4.78, 5) is 11.0. The van der Waals surface area contributed by atoms with Crippen molar-refractivity contribution in [1.29, 1.82) is 0 Å². The van der Waals surface area contributed by atoms with Crippen molar-refractivity contribution in [2.45, 2.75) is 57.1 Å². The van der Waals surface area contributed by atoms with Crippen molar-refractivity contribution in [3.63, 3.8) is 0 Å². The van der Waals surface area contributed by atoms with Crippen LogP contribution in [0.15, 0.2) is 23.7 Å². The number of aliphatic imine (C=N–C) groups is 1. The molecule has 142 valence electrons. The summed E-state index contributed by atoms with van der Waals surface area (Å²) < 4.78 is 2.21. The Morgan fingerprint density at radius 1 is 1.36 bits per heavy atom. The molecule has 0 amide bonds. The van der Waals surface area contributed by atoms with Crippen LogP contribution < -0.4 is 5.32 Å². The van der Waals surface area contributed by atoms with Gasteiger partial charge in [0.1, 0.15) is 0 Å². The molecule has 2 fully saturated rings. The van der Waals surface area contributed by atoms with E-state index in [0.717, 1.165) is 51.2 Å². The number of nitrogens with zero attached hydrogens (tertiary/aromatic N) is 4. The predicted octanol–water partition coefficient (Wildman–Crippen LogP) is 2.65. The standard InChI is InChI=1S/C18H31N5O.HI/c1-15-6-10-22(12-16(15)23-11-9-20-14-23)17(19-2)21-13-18(24)7-4-3-5-8-18;/h9,11,14-16,24H,3-8,10,12-13H2,1-2H3,(H,19,21);1H. The van der Waals surface area contributed by atoms with Gasteiger partial charge in [0.2, 0.25) is 0 Å². The van der Waals surface area contributed by atoms with E-state index in [-0.39, 0.29) is 24.0 Å². The fraction of sp³-hybridized carbons (Fsp3) is 0.778. The van der Waals surface area contributed by atoms with Crippen molar-refractivity contribution >= 4 is 29.9 Å². The lowest BCUT2D eigenvalue weighted by atomic mass is 9.85. The fourth-order valence-electron chi connectivity index (χ4n) is 4.06. The number of rotatable bonds is 3. The Bertz CT molecular complexity index is 542. The Kier molecular flexibility index (Phi) is 7.54. The van der Waals surface area contributed by atoms with Crippen molar-refractivity contribution < 1.29 is 5.11 Å². The van der Waals surface area contributed by atoms with Gasteiger partial charge in [0.25, 0.3) is 0 Å². The molecule has 1 saturated carbocycles. The second kappa shape index (κ2) is 9.21. The topological polar surface area (TPSA) is 65.7 Å². The van der Waals surface area contributed by atoms with E-state index in [1.165, 1.54) is 6.42 Å². The predicted molar refractivity (Wildman–Crippen MR) is 111 cm³/mol. The third-order valence-electron chi connectivity index (χ3n) is 5.70. The molecule has 1 aliphatic heterocycles. The number of piperidine rings is 1. The van der Waals surface area contributed by atoms with Crippen molar-refractivity contribution in [3.05, 3.63) is 18.7 Å². The second-order valence-corrected chi connectivity index (χ2v) is 7.47. The molecule has 2 atom stereocenters. The average molecular weight is 461 g/mol. The van der Waals surface area contributed by atoms with Crippen molar-refractivity contribution in [3.8, 4) is 0 Å². The van der Waals surface area contributed by atoms with Crippen LogP contribution in [0.4, 0.5) is 0 Å². The first-order valence-corrected chi connectivity index (χ1v) is 9.27. The second-order valence-electron chi connectivity index (χ2n) is 7.47. The Hall–Kier alpha value is -0.830. The van der Waals surface area contributed by atoms with Gasteiger partial charge in [-0.25, -0.2) is 4.98 Å². The number of hydrogen-bond donors (Lipinski definition) is 2. The van der Waals surface area contributed by atoms with Crippen LogP contribution in [0.25, 0.3) is 0 Å². The minimum atomic E-state index is -0.568.